The Balaban J connectivity index is 1.95. The van der Waals surface area contributed by atoms with E-state index in [-0.39, 0.29) is 11.4 Å². The number of thiocarbonyl (C=S) groups is 1. The van der Waals surface area contributed by atoms with E-state index in [4.69, 9.17) is 17.0 Å². The molecular weight excluding hydrogens is 396 g/mol. The number of methoxy groups -OCH3 is 1. The van der Waals surface area contributed by atoms with E-state index in [1.807, 2.05) is 37.3 Å². The van der Waals surface area contributed by atoms with Crippen LogP contribution < -0.4 is 15.5 Å². The Labute approximate surface area is 171 Å². The molecule has 0 spiro atoms. The number of hydrogen-bond donors (Lipinski definition) is 3. The van der Waals surface area contributed by atoms with Crippen LogP contribution in [0.15, 0.2) is 64.6 Å². The van der Waals surface area contributed by atoms with Gasteiger partial charge in [-0.3, -0.25) is 5.43 Å². The second kappa shape index (κ2) is 10.9. The quantitative estimate of drug-likeness (QED) is 0.249. The number of hydrogen-bond acceptors (Lipinski definition) is 5. The first kappa shape index (κ1) is 22.0. The van der Waals surface area contributed by atoms with Crippen LogP contribution in [0.2, 0.25) is 0 Å². The largest absolute Gasteiger partial charge is 0.383 e. The standard InChI is InChI=1S/C19H24N4O3S2/c1-15(22-23-19(27)20-12-13-26-2)17-8-10-18(11-9-17)28(24,25)21-14-16-6-4-3-5-7-16/h3-11,21H,12-14H2,1-2H3,(H2,20,23,27)/b22-15-. The number of ether oxygens (including phenoxy) is 1. The van der Waals surface area contributed by atoms with Crippen molar-refractivity contribution in [2.75, 3.05) is 20.3 Å². The lowest BCUT2D eigenvalue weighted by molar-refractivity contribution is 0.204. The molecule has 0 unspecified atom stereocenters. The van der Waals surface area contributed by atoms with Crippen molar-refractivity contribution in [1.82, 2.24) is 15.5 Å². The van der Waals surface area contributed by atoms with Gasteiger partial charge in [0, 0.05) is 20.2 Å². The third kappa shape index (κ3) is 7.01. The smallest absolute Gasteiger partial charge is 0.240 e. The molecule has 0 aromatic heterocycles. The summed E-state index contributed by atoms with van der Waals surface area (Å²) in [6.45, 7) is 3.17. The highest BCUT2D eigenvalue weighted by Gasteiger charge is 2.13. The van der Waals surface area contributed by atoms with Crippen LogP contribution in [0, 0.1) is 0 Å². The molecule has 0 amide bonds. The van der Waals surface area contributed by atoms with Crippen molar-refractivity contribution in [3.05, 3.63) is 65.7 Å². The molecule has 150 valence electrons. The van der Waals surface area contributed by atoms with Gasteiger partial charge in [-0.1, -0.05) is 42.5 Å². The van der Waals surface area contributed by atoms with Gasteiger partial charge in [0.25, 0.3) is 0 Å². The molecule has 7 nitrogen and oxygen atoms in total. The van der Waals surface area contributed by atoms with Crippen molar-refractivity contribution < 1.29 is 13.2 Å². The van der Waals surface area contributed by atoms with Gasteiger partial charge in [-0.15, -0.1) is 0 Å². The zero-order valence-electron chi connectivity index (χ0n) is 15.8. The Morgan fingerprint density at radius 3 is 2.43 bits per heavy atom. The Hall–Kier alpha value is -2.33. The van der Waals surface area contributed by atoms with Gasteiger partial charge in [0.05, 0.1) is 17.2 Å². The molecule has 0 saturated carbocycles. The number of rotatable bonds is 9. The van der Waals surface area contributed by atoms with Crippen LogP contribution in [0.3, 0.4) is 0 Å². The van der Waals surface area contributed by atoms with E-state index in [0.29, 0.717) is 24.0 Å². The molecule has 0 saturated heterocycles. The minimum absolute atomic E-state index is 0.199. The summed E-state index contributed by atoms with van der Waals surface area (Å²) in [6, 6.07) is 15.9. The molecule has 0 heterocycles. The second-order valence-electron chi connectivity index (χ2n) is 5.89. The highest BCUT2D eigenvalue weighted by atomic mass is 32.2. The van der Waals surface area contributed by atoms with E-state index < -0.39 is 10.0 Å². The summed E-state index contributed by atoms with van der Waals surface area (Å²) < 4.78 is 32.4. The van der Waals surface area contributed by atoms with Gasteiger partial charge >= 0.3 is 0 Å². The molecule has 0 aliphatic rings. The number of nitrogens with zero attached hydrogens (tertiary/aromatic N) is 1. The van der Waals surface area contributed by atoms with E-state index in [9.17, 15) is 8.42 Å². The van der Waals surface area contributed by atoms with E-state index in [0.717, 1.165) is 11.1 Å². The van der Waals surface area contributed by atoms with Crippen molar-refractivity contribution in [2.45, 2.75) is 18.4 Å². The van der Waals surface area contributed by atoms with Crippen molar-refractivity contribution >= 4 is 33.1 Å². The Kier molecular flexibility index (Phi) is 8.52. The van der Waals surface area contributed by atoms with Crippen LogP contribution in [0.25, 0.3) is 0 Å². The van der Waals surface area contributed by atoms with Gasteiger partial charge in [0.15, 0.2) is 5.11 Å². The Morgan fingerprint density at radius 2 is 1.79 bits per heavy atom. The Morgan fingerprint density at radius 1 is 1.11 bits per heavy atom. The van der Waals surface area contributed by atoms with Crippen LogP contribution in [0.5, 0.6) is 0 Å². The first-order valence-corrected chi connectivity index (χ1v) is 10.5. The van der Waals surface area contributed by atoms with Crippen molar-refractivity contribution in [3.8, 4) is 0 Å². The summed E-state index contributed by atoms with van der Waals surface area (Å²) in [4.78, 5) is 0.199. The summed E-state index contributed by atoms with van der Waals surface area (Å²) in [6.07, 6.45) is 0. The average molecular weight is 421 g/mol. The van der Waals surface area contributed by atoms with Crippen molar-refractivity contribution in [3.63, 3.8) is 0 Å². The van der Waals surface area contributed by atoms with Gasteiger partial charge in [-0.05, 0) is 42.4 Å². The zero-order chi connectivity index (χ0) is 20.4. The van der Waals surface area contributed by atoms with Gasteiger partial charge in [-0.2, -0.15) is 5.10 Å². The molecule has 2 aromatic carbocycles. The van der Waals surface area contributed by atoms with Crippen LogP contribution in [-0.4, -0.2) is 39.5 Å². The van der Waals surface area contributed by atoms with Gasteiger partial charge in [0.1, 0.15) is 0 Å². The molecule has 0 aliphatic carbocycles. The van der Waals surface area contributed by atoms with E-state index in [1.165, 1.54) is 0 Å². The number of nitrogens with one attached hydrogen (secondary N) is 3. The van der Waals surface area contributed by atoms with Crippen LogP contribution >= 0.6 is 12.2 Å². The molecule has 0 atom stereocenters. The third-order valence-electron chi connectivity index (χ3n) is 3.81. The van der Waals surface area contributed by atoms with Crippen molar-refractivity contribution in [2.24, 2.45) is 5.10 Å². The molecular formula is C19H24N4O3S2. The molecule has 0 aliphatic heterocycles. The number of benzene rings is 2. The van der Waals surface area contributed by atoms with E-state index in [2.05, 4.69) is 20.6 Å². The normalized spacial score (nSPS) is 11.9. The van der Waals surface area contributed by atoms with Gasteiger partial charge in [0.2, 0.25) is 10.0 Å². The second-order valence-corrected chi connectivity index (χ2v) is 8.07. The molecule has 28 heavy (non-hydrogen) atoms. The predicted octanol–water partition coefficient (Wildman–Crippen LogP) is 2.00. The maximum atomic E-state index is 12.4. The molecule has 0 fully saturated rings. The summed E-state index contributed by atoms with van der Waals surface area (Å²) >= 11 is 5.10. The van der Waals surface area contributed by atoms with Gasteiger partial charge in [-0.25, -0.2) is 13.1 Å². The maximum absolute atomic E-state index is 12.4. The summed E-state index contributed by atoms with van der Waals surface area (Å²) in [5.41, 5.74) is 5.10. The number of sulfonamides is 1. The lowest BCUT2D eigenvalue weighted by Crippen LogP contribution is -2.34. The molecule has 9 heteroatoms. The fraction of sp³-hybridized carbons (Fsp3) is 0.263. The van der Waals surface area contributed by atoms with Crippen molar-refractivity contribution in [1.29, 1.82) is 0 Å². The van der Waals surface area contributed by atoms with Crippen LogP contribution in [-0.2, 0) is 21.3 Å². The molecule has 0 radical (unpaired) electrons. The minimum atomic E-state index is -3.59. The lowest BCUT2D eigenvalue weighted by Gasteiger charge is -2.09. The fourth-order valence-electron chi connectivity index (χ4n) is 2.24. The monoisotopic (exact) mass is 420 g/mol. The molecule has 3 N–H and O–H groups in total. The topological polar surface area (TPSA) is 91.8 Å². The van der Waals surface area contributed by atoms with E-state index >= 15 is 0 Å². The highest BCUT2D eigenvalue weighted by Crippen LogP contribution is 2.12. The molecule has 2 rings (SSSR count). The summed E-state index contributed by atoms with van der Waals surface area (Å²) in [5, 5.41) is 7.54. The van der Waals surface area contributed by atoms with E-state index in [1.54, 1.807) is 31.4 Å². The fourth-order valence-corrected chi connectivity index (χ4v) is 3.40. The Bertz CT molecular complexity index is 899. The SMILES string of the molecule is COCCNC(=S)N/N=C(/C)c1ccc(S(=O)(=O)NCc2ccccc2)cc1. The van der Waals surface area contributed by atoms with Crippen LogP contribution in [0.4, 0.5) is 0 Å². The first-order chi connectivity index (χ1) is 13.4. The highest BCUT2D eigenvalue weighted by molar-refractivity contribution is 7.89. The summed E-state index contributed by atoms with van der Waals surface area (Å²) in [5.74, 6) is 0. The third-order valence-corrected chi connectivity index (χ3v) is 5.46. The molecule has 2 aromatic rings. The predicted molar refractivity (Wildman–Crippen MR) is 115 cm³/mol. The zero-order valence-corrected chi connectivity index (χ0v) is 17.4. The summed E-state index contributed by atoms with van der Waals surface area (Å²) in [7, 11) is -1.98. The van der Waals surface area contributed by atoms with Crippen LogP contribution in [0.1, 0.15) is 18.1 Å². The van der Waals surface area contributed by atoms with Gasteiger partial charge < -0.3 is 10.1 Å². The number of hydrazone groups is 1. The average Bonchev–Trinajstić information content (AvgIpc) is 2.71. The maximum Gasteiger partial charge on any atom is 0.240 e. The molecule has 0 bridgehead atoms. The lowest BCUT2D eigenvalue weighted by atomic mass is 10.1. The first-order valence-electron chi connectivity index (χ1n) is 8.63. The minimum Gasteiger partial charge on any atom is -0.383 e.